The van der Waals surface area contributed by atoms with Crippen molar-refractivity contribution in [1.82, 2.24) is 15.4 Å². The summed E-state index contributed by atoms with van der Waals surface area (Å²) in [7, 11) is -2.03. The first-order chi connectivity index (χ1) is 8.84. The molecule has 1 fully saturated rings. The van der Waals surface area contributed by atoms with Gasteiger partial charge in [0.05, 0.1) is 11.7 Å². The van der Waals surface area contributed by atoms with E-state index in [4.69, 9.17) is 5.11 Å². The van der Waals surface area contributed by atoms with Crippen molar-refractivity contribution in [3.8, 4) is 0 Å². The maximum Gasteiger partial charge on any atom is 0.315 e. The van der Waals surface area contributed by atoms with Crippen molar-refractivity contribution < 1.29 is 23.1 Å². The number of amides is 2. The van der Waals surface area contributed by atoms with Crippen LogP contribution in [-0.2, 0) is 14.8 Å². The molecule has 9 heteroatoms. The molecule has 19 heavy (non-hydrogen) atoms. The number of sulfonamides is 1. The second-order valence-corrected chi connectivity index (χ2v) is 6.51. The molecule has 0 saturated heterocycles. The Bertz CT molecular complexity index is 436. The fourth-order valence-electron chi connectivity index (χ4n) is 1.97. The van der Waals surface area contributed by atoms with Gasteiger partial charge < -0.3 is 15.7 Å². The van der Waals surface area contributed by atoms with Crippen LogP contribution in [0.2, 0.25) is 0 Å². The summed E-state index contributed by atoms with van der Waals surface area (Å²) in [6.45, 7) is 0.00405. The minimum absolute atomic E-state index is 0.00405. The van der Waals surface area contributed by atoms with Gasteiger partial charge >= 0.3 is 12.0 Å². The van der Waals surface area contributed by atoms with Crippen molar-refractivity contribution in [2.24, 2.45) is 5.92 Å². The molecule has 8 nitrogen and oxygen atoms in total. The van der Waals surface area contributed by atoms with E-state index in [9.17, 15) is 18.0 Å². The Morgan fingerprint density at radius 1 is 1.32 bits per heavy atom. The molecule has 0 heterocycles. The molecule has 2 unspecified atom stereocenters. The maximum atomic E-state index is 11.5. The summed E-state index contributed by atoms with van der Waals surface area (Å²) >= 11 is 0. The first kappa shape index (κ1) is 15.7. The molecule has 0 aliphatic heterocycles. The van der Waals surface area contributed by atoms with E-state index in [1.165, 1.54) is 7.05 Å². The minimum Gasteiger partial charge on any atom is -0.481 e. The van der Waals surface area contributed by atoms with E-state index >= 15 is 0 Å². The van der Waals surface area contributed by atoms with Gasteiger partial charge in [0.25, 0.3) is 0 Å². The molecule has 1 aliphatic rings. The average Bonchev–Trinajstić information content (AvgIpc) is 2.77. The van der Waals surface area contributed by atoms with E-state index in [0.29, 0.717) is 19.3 Å². The zero-order valence-electron chi connectivity index (χ0n) is 10.7. The SMILES string of the molecule is CNS(=O)(=O)CCNC(=O)NC1CCC(C(=O)O)C1. The van der Waals surface area contributed by atoms with E-state index in [2.05, 4.69) is 15.4 Å². The number of carboxylic acids is 1. The molecule has 1 saturated carbocycles. The number of carboxylic acid groups (broad SMARTS) is 1. The quantitative estimate of drug-likeness (QED) is 0.504. The largest absolute Gasteiger partial charge is 0.481 e. The van der Waals surface area contributed by atoms with Crippen LogP contribution in [0.25, 0.3) is 0 Å². The lowest BCUT2D eigenvalue weighted by molar-refractivity contribution is -0.141. The standard InChI is InChI=1S/C10H19N3O5S/c1-11-19(17,18)5-4-12-10(16)13-8-3-2-7(6-8)9(14)15/h7-8,11H,2-6H2,1H3,(H,14,15)(H2,12,13,16). The van der Waals surface area contributed by atoms with E-state index in [1.54, 1.807) is 0 Å². The van der Waals surface area contributed by atoms with Crippen LogP contribution in [0.4, 0.5) is 4.79 Å². The molecule has 2 atom stereocenters. The average molecular weight is 293 g/mol. The topological polar surface area (TPSA) is 125 Å². The van der Waals surface area contributed by atoms with Gasteiger partial charge in [0.1, 0.15) is 0 Å². The normalized spacial score (nSPS) is 23.0. The summed E-state index contributed by atoms with van der Waals surface area (Å²) < 4.78 is 24.3. The van der Waals surface area contributed by atoms with Crippen molar-refractivity contribution in [1.29, 1.82) is 0 Å². The third-order valence-electron chi connectivity index (χ3n) is 3.08. The zero-order valence-corrected chi connectivity index (χ0v) is 11.5. The van der Waals surface area contributed by atoms with Crippen LogP contribution in [-0.4, -0.2) is 50.9 Å². The molecule has 1 rings (SSSR count). The Kier molecular flexibility index (Phi) is 5.55. The summed E-state index contributed by atoms with van der Waals surface area (Å²) in [4.78, 5) is 22.2. The highest BCUT2D eigenvalue weighted by atomic mass is 32.2. The Labute approximate surface area is 112 Å². The lowest BCUT2D eigenvalue weighted by Gasteiger charge is -2.13. The lowest BCUT2D eigenvalue weighted by atomic mass is 10.1. The van der Waals surface area contributed by atoms with Gasteiger partial charge in [-0.05, 0) is 26.3 Å². The summed E-state index contributed by atoms with van der Waals surface area (Å²) in [5.74, 6) is -1.45. The van der Waals surface area contributed by atoms with Gasteiger partial charge in [0.2, 0.25) is 10.0 Å². The van der Waals surface area contributed by atoms with Crippen LogP contribution in [0.15, 0.2) is 0 Å². The Morgan fingerprint density at radius 3 is 2.53 bits per heavy atom. The second-order valence-electron chi connectivity index (χ2n) is 4.47. The Hall–Kier alpha value is -1.35. The van der Waals surface area contributed by atoms with Gasteiger partial charge in [-0.2, -0.15) is 0 Å². The number of rotatable bonds is 6. The summed E-state index contributed by atoms with van der Waals surface area (Å²) in [5, 5.41) is 13.9. The monoisotopic (exact) mass is 293 g/mol. The summed E-state index contributed by atoms with van der Waals surface area (Å²) in [6, 6.07) is -0.635. The van der Waals surface area contributed by atoms with Crippen molar-refractivity contribution in [2.75, 3.05) is 19.3 Å². The van der Waals surface area contributed by atoms with E-state index < -0.39 is 27.9 Å². The maximum absolute atomic E-state index is 11.5. The molecule has 0 radical (unpaired) electrons. The summed E-state index contributed by atoms with van der Waals surface area (Å²) in [5.41, 5.74) is 0. The predicted molar refractivity (Wildman–Crippen MR) is 68.1 cm³/mol. The number of urea groups is 1. The molecular formula is C10H19N3O5S. The highest BCUT2D eigenvalue weighted by molar-refractivity contribution is 7.89. The van der Waals surface area contributed by atoms with Gasteiger partial charge in [0.15, 0.2) is 0 Å². The van der Waals surface area contributed by atoms with Crippen LogP contribution in [0.3, 0.4) is 0 Å². The molecule has 0 aromatic heterocycles. The molecule has 0 bridgehead atoms. The highest BCUT2D eigenvalue weighted by Gasteiger charge is 2.30. The van der Waals surface area contributed by atoms with Crippen LogP contribution >= 0.6 is 0 Å². The van der Waals surface area contributed by atoms with E-state index in [0.717, 1.165) is 0 Å². The first-order valence-corrected chi connectivity index (χ1v) is 7.67. The molecule has 2 amide bonds. The second kappa shape index (κ2) is 6.71. The van der Waals surface area contributed by atoms with Crippen molar-refractivity contribution in [3.63, 3.8) is 0 Å². The molecule has 4 N–H and O–H groups in total. The minimum atomic E-state index is -3.33. The van der Waals surface area contributed by atoms with Gasteiger partial charge in [-0.3, -0.25) is 4.79 Å². The lowest BCUT2D eigenvalue weighted by Crippen LogP contribution is -2.43. The first-order valence-electron chi connectivity index (χ1n) is 6.02. The number of hydrogen-bond donors (Lipinski definition) is 4. The van der Waals surface area contributed by atoms with Crippen LogP contribution < -0.4 is 15.4 Å². The molecule has 0 aromatic carbocycles. The van der Waals surface area contributed by atoms with Crippen LogP contribution in [0.1, 0.15) is 19.3 Å². The van der Waals surface area contributed by atoms with Crippen molar-refractivity contribution in [3.05, 3.63) is 0 Å². The number of aliphatic carboxylic acids is 1. The highest BCUT2D eigenvalue weighted by Crippen LogP contribution is 2.25. The number of carbonyl (C=O) groups excluding carboxylic acids is 1. The number of hydrogen-bond acceptors (Lipinski definition) is 4. The molecular weight excluding hydrogens is 274 g/mol. The van der Waals surface area contributed by atoms with Gasteiger partial charge in [-0.25, -0.2) is 17.9 Å². The smallest absolute Gasteiger partial charge is 0.315 e. The van der Waals surface area contributed by atoms with Gasteiger partial charge in [-0.15, -0.1) is 0 Å². The third kappa shape index (κ3) is 5.43. The fourth-order valence-corrected chi connectivity index (χ4v) is 2.55. The molecule has 110 valence electrons. The van der Waals surface area contributed by atoms with Gasteiger partial charge in [0, 0.05) is 12.6 Å². The van der Waals surface area contributed by atoms with Gasteiger partial charge in [-0.1, -0.05) is 0 Å². The van der Waals surface area contributed by atoms with Crippen molar-refractivity contribution >= 4 is 22.0 Å². The summed E-state index contributed by atoms with van der Waals surface area (Å²) in [6.07, 6.45) is 1.59. The fraction of sp³-hybridized carbons (Fsp3) is 0.800. The van der Waals surface area contributed by atoms with E-state index in [-0.39, 0.29) is 18.3 Å². The molecule has 0 aromatic rings. The predicted octanol–water partition coefficient (Wildman–Crippen LogP) is -0.912. The van der Waals surface area contributed by atoms with Crippen LogP contribution in [0, 0.1) is 5.92 Å². The van der Waals surface area contributed by atoms with Crippen molar-refractivity contribution in [2.45, 2.75) is 25.3 Å². The number of nitrogens with one attached hydrogen (secondary N) is 3. The number of carbonyl (C=O) groups is 2. The zero-order chi connectivity index (χ0) is 14.5. The van der Waals surface area contributed by atoms with E-state index in [1.807, 2.05) is 0 Å². The van der Waals surface area contributed by atoms with Crippen LogP contribution in [0.5, 0.6) is 0 Å². The molecule has 1 aliphatic carbocycles. The Balaban J connectivity index is 2.24. The Morgan fingerprint density at radius 2 is 2.00 bits per heavy atom. The third-order valence-corrected chi connectivity index (χ3v) is 4.45. The molecule has 0 spiro atoms.